The van der Waals surface area contributed by atoms with E-state index < -0.39 is 11.9 Å². The molecule has 0 aliphatic heterocycles. The summed E-state index contributed by atoms with van der Waals surface area (Å²) in [4.78, 5) is 43.2. The molecule has 0 aliphatic rings. The van der Waals surface area contributed by atoms with Crippen molar-refractivity contribution in [1.82, 2.24) is 19.9 Å². The molecule has 4 aromatic heterocycles. The summed E-state index contributed by atoms with van der Waals surface area (Å²) in [6.45, 7) is 2.70. The topological polar surface area (TPSA) is 145 Å². The average molecular weight is 701 g/mol. The maximum absolute atomic E-state index is 12.4. The highest BCUT2D eigenvalue weighted by Crippen LogP contribution is 2.35. The van der Waals surface area contributed by atoms with Crippen LogP contribution >= 0.6 is 0 Å². The smallest absolute Gasteiger partial charge is 0.308 e. The van der Waals surface area contributed by atoms with E-state index in [4.69, 9.17) is 24.4 Å². The summed E-state index contributed by atoms with van der Waals surface area (Å²) >= 11 is 0. The summed E-state index contributed by atoms with van der Waals surface area (Å²) in [6, 6.07) is 33.5. The molecule has 0 amide bonds. The first-order valence-electron chi connectivity index (χ1n) is 17.0. The zero-order valence-corrected chi connectivity index (χ0v) is 28.8. The largest absolute Gasteiger partial charge is 0.506 e. The molecule has 8 aromatic rings. The number of carbonyl (C=O) groups excluding carboxylic acids is 2. The second-order valence-corrected chi connectivity index (χ2v) is 12.9. The van der Waals surface area contributed by atoms with E-state index in [2.05, 4.69) is 4.98 Å². The Morgan fingerprint density at radius 3 is 1.58 bits per heavy atom. The van der Waals surface area contributed by atoms with Crippen LogP contribution in [0.15, 0.2) is 109 Å². The minimum Gasteiger partial charge on any atom is -0.506 e. The van der Waals surface area contributed by atoms with Gasteiger partial charge in [0, 0.05) is 88.6 Å². The van der Waals surface area contributed by atoms with Crippen molar-refractivity contribution < 1.29 is 29.3 Å². The number of phenolic OH excluding ortho intramolecular Hbond substituents is 2. The van der Waals surface area contributed by atoms with Gasteiger partial charge in [-0.25, -0.2) is 19.9 Å². The molecule has 10 heteroatoms. The fourth-order valence-electron chi connectivity index (χ4n) is 6.58. The van der Waals surface area contributed by atoms with E-state index in [1.165, 1.54) is 13.8 Å². The van der Waals surface area contributed by atoms with Crippen molar-refractivity contribution in [2.45, 2.75) is 33.1 Å². The first-order chi connectivity index (χ1) is 25.7. The van der Waals surface area contributed by atoms with E-state index in [1.807, 2.05) is 91.0 Å². The van der Waals surface area contributed by atoms with Gasteiger partial charge in [-0.2, -0.15) is 0 Å². The Hall–Kier alpha value is -6.94. The zero-order chi connectivity index (χ0) is 36.6. The van der Waals surface area contributed by atoms with Gasteiger partial charge >= 0.3 is 11.9 Å². The van der Waals surface area contributed by atoms with Gasteiger partial charge in [-0.05, 0) is 36.4 Å². The summed E-state index contributed by atoms with van der Waals surface area (Å²) in [5.41, 5.74) is 6.17. The Bertz CT molecular complexity index is 2760. The Morgan fingerprint density at radius 2 is 0.962 bits per heavy atom. The van der Waals surface area contributed by atoms with Crippen LogP contribution in [-0.4, -0.2) is 42.1 Å². The van der Waals surface area contributed by atoms with Crippen LogP contribution in [0.25, 0.3) is 43.6 Å². The maximum Gasteiger partial charge on any atom is 0.308 e. The van der Waals surface area contributed by atoms with Crippen LogP contribution in [0.3, 0.4) is 0 Å². The fourth-order valence-corrected chi connectivity index (χ4v) is 6.58. The van der Waals surface area contributed by atoms with Gasteiger partial charge < -0.3 is 19.7 Å². The van der Waals surface area contributed by atoms with Gasteiger partial charge in [-0.3, -0.25) is 9.59 Å². The lowest BCUT2D eigenvalue weighted by Gasteiger charge is -2.14. The van der Waals surface area contributed by atoms with Gasteiger partial charge in [0.15, 0.2) is 11.5 Å². The molecule has 0 spiro atoms. The number of ether oxygens (including phenoxy) is 2. The third-order valence-corrected chi connectivity index (χ3v) is 9.03. The quantitative estimate of drug-likeness (QED) is 0.118. The molecule has 4 aromatic carbocycles. The van der Waals surface area contributed by atoms with Crippen molar-refractivity contribution in [2.24, 2.45) is 0 Å². The van der Waals surface area contributed by atoms with Crippen molar-refractivity contribution >= 4 is 55.6 Å². The van der Waals surface area contributed by atoms with Crippen molar-refractivity contribution in [3.8, 4) is 23.0 Å². The van der Waals surface area contributed by atoms with Crippen LogP contribution in [0.5, 0.6) is 23.0 Å². The summed E-state index contributed by atoms with van der Waals surface area (Å²) in [7, 11) is 0. The number of nitrogens with zero attached hydrogens (tertiary/aromatic N) is 4. The van der Waals surface area contributed by atoms with Crippen LogP contribution in [-0.2, 0) is 28.9 Å². The molecule has 0 aliphatic carbocycles. The van der Waals surface area contributed by atoms with Crippen LogP contribution in [0.4, 0.5) is 0 Å². The van der Waals surface area contributed by atoms with Crippen molar-refractivity contribution in [2.75, 3.05) is 0 Å². The number of fused-ring (bicyclic) bond motifs is 4. The number of hydrogen-bond donors (Lipinski definition) is 2. The molecule has 260 valence electrons. The molecule has 4 heterocycles. The highest BCUT2D eigenvalue weighted by Gasteiger charge is 2.18. The van der Waals surface area contributed by atoms with Crippen LogP contribution in [0.2, 0.25) is 0 Å². The van der Waals surface area contributed by atoms with Gasteiger partial charge in [0.25, 0.3) is 0 Å². The minimum absolute atomic E-state index is 0.0274. The first kappa shape index (κ1) is 33.2. The molecule has 2 N–H and O–H groups in total. The van der Waals surface area contributed by atoms with E-state index in [9.17, 15) is 19.8 Å². The summed E-state index contributed by atoms with van der Waals surface area (Å²) in [5.74, 6) is -0.0811. The lowest BCUT2D eigenvalue weighted by Crippen LogP contribution is -2.07. The van der Waals surface area contributed by atoms with E-state index in [-0.39, 0.29) is 17.9 Å². The maximum atomic E-state index is 12.4. The average Bonchev–Trinajstić information content (AvgIpc) is 3.14. The van der Waals surface area contributed by atoms with Crippen LogP contribution < -0.4 is 9.47 Å². The minimum atomic E-state index is -0.496. The number of aromatic hydroxyl groups is 2. The highest BCUT2D eigenvalue weighted by molar-refractivity contribution is 5.90. The normalized spacial score (nSPS) is 11.4. The SMILES string of the molecule is CC(=O)Oc1cccc2ccc(Cc3ccc4ccc(Cc5ccc6ccc(Cc7ccc8cccc(O)c8n7)nc6c5O)c(OC(C)=O)c4n3)nc12. The number of esters is 2. The number of aromatic nitrogens is 4. The molecular weight excluding hydrogens is 668 g/mol. The van der Waals surface area contributed by atoms with Gasteiger partial charge in [0.05, 0.1) is 0 Å². The predicted octanol–water partition coefficient (Wildman–Crippen LogP) is 7.91. The van der Waals surface area contributed by atoms with Gasteiger partial charge in [-0.15, -0.1) is 0 Å². The molecule has 53 heavy (non-hydrogen) atoms. The van der Waals surface area contributed by atoms with E-state index in [0.29, 0.717) is 68.9 Å². The lowest BCUT2D eigenvalue weighted by atomic mass is 9.99. The Kier molecular flexibility index (Phi) is 8.55. The zero-order valence-electron chi connectivity index (χ0n) is 28.8. The number of phenols is 2. The van der Waals surface area contributed by atoms with E-state index >= 15 is 0 Å². The second-order valence-electron chi connectivity index (χ2n) is 12.9. The van der Waals surface area contributed by atoms with Gasteiger partial charge in [-0.1, -0.05) is 72.8 Å². The number of rotatable bonds is 8. The standard InChI is InChI=1S/C43H32N4O6/c1-24(48)52-37-8-4-6-27-14-18-33(45-39(27)37)23-35-20-16-29-10-12-31(43(41(29)47-35)53-25(2)49)21-30-11-9-28-15-19-34(46-40(28)42(30)51)22-32-17-13-26-5-3-7-36(50)38(26)44-32/h3-20,50-51H,21-23H2,1-2H3. The van der Waals surface area contributed by atoms with Crippen molar-refractivity contribution in [3.05, 3.63) is 143 Å². The predicted molar refractivity (Wildman–Crippen MR) is 201 cm³/mol. The molecule has 0 saturated carbocycles. The molecule has 8 rings (SSSR count). The number of pyridine rings is 4. The van der Waals surface area contributed by atoms with Crippen LogP contribution in [0.1, 0.15) is 47.8 Å². The Labute approximate surface area is 303 Å². The molecule has 0 atom stereocenters. The van der Waals surface area contributed by atoms with E-state index in [1.54, 1.807) is 18.2 Å². The second kappa shape index (κ2) is 13.6. The molecule has 0 radical (unpaired) electrons. The summed E-state index contributed by atoms with van der Waals surface area (Å²) < 4.78 is 11.2. The Balaban J connectivity index is 1.12. The Morgan fingerprint density at radius 1 is 0.491 bits per heavy atom. The molecule has 0 unspecified atom stereocenters. The van der Waals surface area contributed by atoms with Gasteiger partial charge in [0.1, 0.15) is 33.6 Å². The third kappa shape index (κ3) is 6.77. The lowest BCUT2D eigenvalue weighted by molar-refractivity contribution is -0.132. The molecule has 0 saturated heterocycles. The summed E-state index contributed by atoms with van der Waals surface area (Å²) in [6.07, 6.45) is 1.02. The molecule has 0 fully saturated rings. The highest BCUT2D eigenvalue weighted by atomic mass is 16.5. The number of benzene rings is 4. The number of hydrogen-bond acceptors (Lipinski definition) is 10. The van der Waals surface area contributed by atoms with Gasteiger partial charge in [0.2, 0.25) is 0 Å². The van der Waals surface area contributed by atoms with E-state index in [0.717, 1.165) is 32.9 Å². The van der Waals surface area contributed by atoms with Crippen molar-refractivity contribution in [3.63, 3.8) is 0 Å². The number of para-hydroxylation sites is 2. The third-order valence-electron chi connectivity index (χ3n) is 9.03. The first-order valence-corrected chi connectivity index (χ1v) is 17.0. The van der Waals surface area contributed by atoms with Crippen LogP contribution in [0, 0.1) is 0 Å². The molecule has 0 bridgehead atoms. The monoisotopic (exact) mass is 700 g/mol. The summed E-state index contributed by atoms with van der Waals surface area (Å²) in [5, 5.41) is 25.1. The fraction of sp³-hybridized carbons (Fsp3) is 0.116. The number of carbonyl (C=O) groups is 2. The molecule has 10 nitrogen and oxygen atoms in total. The molecular formula is C43H32N4O6. The van der Waals surface area contributed by atoms with Crippen molar-refractivity contribution in [1.29, 1.82) is 0 Å².